The number of carbonyl (C=O) groups excluding carboxylic acids is 1. The van der Waals surface area contributed by atoms with Gasteiger partial charge in [-0.25, -0.2) is 4.98 Å². The van der Waals surface area contributed by atoms with Crippen molar-refractivity contribution in [1.29, 1.82) is 0 Å². The monoisotopic (exact) mass is 1020 g/mol. The second kappa shape index (κ2) is 20.1. The first-order chi connectivity index (χ1) is 27.7. The van der Waals surface area contributed by atoms with Crippen molar-refractivity contribution in [3.05, 3.63) is 102 Å². The van der Waals surface area contributed by atoms with Crippen LogP contribution in [0.25, 0.3) is 53.5 Å². The Hall–Kier alpha value is -3.48. The Morgan fingerprint density at radius 3 is 2.05 bits per heavy atom. The molecule has 1 radical (unpaired) electrons. The molecule has 1 N–H and O–H groups in total. The van der Waals surface area contributed by atoms with Gasteiger partial charge in [0.05, 0.1) is 19.3 Å². The minimum absolute atomic E-state index is 0. The van der Waals surface area contributed by atoms with Gasteiger partial charge in [-0.2, -0.15) is 0 Å². The Bertz CT molecular complexity index is 2450. The molecule has 2 heterocycles. The average molecular weight is 1020 g/mol. The first-order valence-corrected chi connectivity index (χ1v) is 26.2. The van der Waals surface area contributed by atoms with Gasteiger partial charge in [0.1, 0.15) is 6.33 Å². The number of aromatic nitrogens is 2. The van der Waals surface area contributed by atoms with Crippen molar-refractivity contribution in [3.63, 3.8) is 0 Å². The van der Waals surface area contributed by atoms with Crippen molar-refractivity contribution in [2.45, 2.75) is 134 Å². The number of allylic oxidation sites excluding steroid dienone is 2. The number of nitrogens with zero attached hydrogens (tertiary/aromatic N) is 2. The van der Waals surface area contributed by atoms with Crippen LogP contribution in [-0.4, -0.2) is 28.9 Å². The van der Waals surface area contributed by atoms with Gasteiger partial charge in [0.15, 0.2) is 5.78 Å². The summed E-state index contributed by atoms with van der Waals surface area (Å²) in [7, 11) is -1.61. The number of fused-ring (bicyclic) bond motifs is 4. The zero-order valence-corrected chi connectivity index (χ0v) is 43.0. The summed E-state index contributed by atoms with van der Waals surface area (Å²) in [6.45, 7) is 31.6. The minimum Gasteiger partial charge on any atom is -0.512 e. The third kappa shape index (κ3) is 11.9. The van der Waals surface area contributed by atoms with Crippen LogP contribution in [0.2, 0.25) is 19.6 Å². The summed E-state index contributed by atoms with van der Waals surface area (Å²) >= 11 is 1.81. The van der Waals surface area contributed by atoms with E-state index < -0.39 is 8.07 Å². The van der Waals surface area contributed by atoms with Gasteiger partial charge in [0, 0.05) is 58.5 Å². The van der Waals surface area contributed by atoms with E-state index in [1.165, 1.54) is 54.6 Å². The quantitative estimate of drug-likeness (QED) is 0.0574. The van der Waals surface area contributed by atoms with E-state index >= 15 is 0 Å². The largest absolute Gasteiger partial charge is 0.512 e. The molecule has 0 aliphatic carbocycles. The second-order valence-corrected chi connectivity index (χ2v) is 26.1. The summed E-state index contributed by atoms with van der Waals surface area (Å²) in [5.74, 6) is 0.547. The molecule has 0 bridgehead atoms. The van der Waals surface area contributed by atoms with Gasteiger partial charge in [-0.05, 0) is 90.2 Å². The fraction of sp³-hybridized carbons (Fsp3) is 0.453. The number of rotatable bonds is 12. The Kier molecular flexibility index (Phi) is 16.5. The van der Waals surface area contributed by atoms with Crippen LogP contribution in [0.4, 0.5) is 0 Å². The molecule has 4 aromatic carbocycles. The normalized spacial score (nSPS) is 12.6. The summed E-state index contributed by atoms with van der Waals surface area (Å²) in [5.41, 5.74) is 10.4. The van der Waals surface area contributed by atoms with Crippen molar-refractivity contribution >= 4 is 61.5 Å². The Morgan fingerprint density at radius 1 is 0.817 bits per heavy atom. The standard InChI is InChI=1S/C40H45N2SSi.C13H24O2.Ir/c1-25-30(23-40(5,6)7)17-26(22-39(2,3)4)18-33(25)28-15-16-32-34(20-28)43-38-36(41-24-42-37(32)38)29-19-27-13-11-12-14-31(27)35(21-29)44(8,9)10;1-5-10(6-2)12(14)9-13(15)11(7-3)8-4;/h11-18,20-21,24H,22-23H2,1-10H3;9-11,14H,5-8H2,1-4H3;/q-1;;/b;12-9-;. The van der Waals surface area contributed by atoms with E-state index in [2.05, 4.69) is 135 Å². The molecule has 2 aromatic heterocycles. The average Bonchev–Trinajstić information content (AvgIpc) is 3.53. The van der Waals surface area contributed by atoms with Crippen LogP contribution >= 0.6 is 11.3 Å². The molecule has 0 unspecified atom stereocenters. The van der Waals surface area contributed by atoms with E-state index in [1.807, 2.05) is 39.0 Å². The van der Waals surface area contributed by atoms with Gasteiger partial charge in [0.2, 0.25) is 0 Å². The zero-order valence-electron chi connectivity index (χ0n) is 38.8. The van der Waals surface area contributed by atoms with Crippen molar-refractivity contribution in [1.82, 2.24) is 9.97 Å². The van der Waals surface area contributed by atoms with Gasteiger partial charge in [-0.15, -0.1) is 40.1 Å². The minimum atomic E-state index is -1.61. The number of ketones is 1. The summed E-state index contributed by atoms with van der Waals surface area (Å²) in [5, 5.41) is 14.9. The van der Waals surface area contributed by atoms with Gasteiger partial charge < -0.3 is 5.11 Å². The van der Waals surface area contributed by atoms with E-state index in [0.29, 0.717) is 0 Å². The first-order valence-electron chi connectivity index (χ1n) is 21.9. The molecule has 6 rings (SSSR count). The third-order valence-corrected chi connectivity index (χ3v) is 14.7. The van der Waals surface area contributed by atoms with Crippen LogP contribution < -0.4 is 5.19 Å². The van der Waals surface area contributed by atoms with Crippen LogP contribution in [0.15, 0.2) is 78.8 Å². The predicted molar refractivity (Wildman–Crippen MR) is 260 cm³/mol. The number of aliphatic hydroxyl groups excluding tert-OH is 1. The molecule has 0 fully saturated rings. The second-order valence-electron chi connectivity index (χ2n) is 20.0. The summed E-state index contributed by atoms with van der Waals surface area (Å²) in [6.07, 6.45) is 8.76. The molecule has 0 saturated carbocycles. The molecular formula is C53H69IrN2O2SSi-. The third-order valence-electron chi connectivity index (χ3n) is 11.5. The summed E-state index contributed by atoms with van der Waals surface area (Å²) < 4.78 is 2.39. The van der Waals surface area contributed by atoms with E-state index in [1.54, 1.807) is 6.33 Å². The van der Waals surface area contributed by atoms with Crippen LogP contribution in [0, 0.1) is 35.7 Å². The molecule has 0 aliphatic rings. The van der Waals surface area contributed by atoms with Gasteiger partial charge >= 0.3 is 0 Å². The van der Waals surface area contributed by atoms with Crippen LogP contribution in [-0.2, 0) is 37.7 Å². The Labute approximate surface area is 380 Å². The number of aliphatic hydroxyl groups is 1. The molecule has 0 aliphatic heterocycles. The molecule has 323 valence electrons. The predicted octanol–water partition coefficient (Wildman–Crippen LogP) is 15.0. The molecule has 0 saturated heterocycles. The molecule has 60 heavy (non-hydrogen) atoms. The number of hydrogen-bond acceptors (Lipinski definition) is 5. The Morgan fingerprint density at radius 2 is 1.45 bits per heavy atom. The maximum absolute atomic E-state index is 11.7. The van der Waals surface area contributed by atoms with Crippen molar-refractivity contribution in [2.75, 3.05) is 0 Å². The molecule has 0 spiro atoms. The molecule has 4 nitrogen and oxygen atoms in total. The molecule has 0 atom stereocenters. The smallest absolute Gasteiger partial charge is 0.162 e. The van der Waals surface area contributed by atoms with Gasteiger partial charge in [-0.3, -0.25) is 9.78 Å². The molecule has 0 amide bonds. The SMILES string of the molecule is CCC(CC)C(=O)/C=C(\O)C(CC)CC.Cc1c(CC(C)(C)C)cc(CC(C)(C)C)cc1-c1ccc2c(c1)sc1c(-c3[c-]c4ccccc4c([Si](C)(C)C)c3)ncnc12.[Ir]. The van der Waals surface area contributed by atoms with E-state index in [9.17, 15) is 9.90 Å². The van der Waals surface area contributed by atoms with E-state index in [4.69, 9.17) is 9.97 Å². The zero-order chi connectivity index (χ0) is 43.4. The Balaban J connectivity index is 0.000000425. The number of benzene rings is 4. The van der Waals surface area contributed by atoms with E-state index in [0.717, 1.165) is 65.4 Å². The number of hydrogen-bond donors (Lipinski definition) is 1. The fourth-order valence-electron chi connectivity index (χ4n) is 8.30. The maximum atomic E-state index is 11.7. The van der Waals surface area contributed by atoms with Crippen LogP contribution in [0.3, 0.4) is 0 Å². The van der Waals surface area contributed by atoms with Crippen LogP contribution in [0.5, 0.6) is 0 Å². The summed E-state index contributed by atoms with van der Waals surface area (Å²) in [6, 6.07) is 26.6. The summed E-state index contributed by atoms with van der Waals surface area (Å²) in [4.78, 5) is 21.4. The fourth-order valence-corrected chi connectivity index (χ4v) is 11.1. The van der Waals surface area contributed by atoms with Gasteiger partial charge in [-0.1, -0.05) is 142 Å². The van der Waals surface area contributed by atoms with Crippen molar-refractivity contribution in [3.8, 4) is 22.4 Å². The number of thiophene rings is 1. The number of carbonyl (C=O) groups is 1. The van der Waals surface area contributed by atoms with Crippen molar-refractivity contribution < 1.29 is 30.0 Å². The van der Waals surface area contributed by atoms with Crippen LogP contribution in [0.1, 0.15) is 112 Å². The van der Waals surface area contributed by atoms with Gasteiger partial charge in [0.25, 0.3) is 0 Å². The molecule has 7 heteroatoms. The molecule has 6 aromatic rings. The topological polar surface area (TPSA) is 63.1 Å². The maximum Gasteiger partial charge on any atom is 0.162 e. The first kappa shape index (κ1) is 49.2. The van der Waals surface area contributed by atoms with Crippen molar-refractivity contribution in [2.24, 2.45) is 22.7 Å². The van der Waals surface area contributed by atoms with E-state index in [-0.39, 0.29) is 54.3 Å². The molecular weight excluding hydrogens is 949 g/mol.